The Morgan fingerprint density at radius 2 is 1.64 bits per heavy atom. The normalized spacial score (nSPS) is 11.2. The topological polar surface area (TPSA) is 61.4 Å². The third-order valence-corrected chi connectivity index (χ3v) is 3.62. The minimum Gasteiger partial charge on any atom is -0.396 e. The van der Waals surface area contributed by atoms with Gasteiger partial charge in [0.25, 0.3) is 0 Å². The number of hydrogen-bond donors (Lipinski definition) is 3. The molecule has 3 N–H and O–H groups in total. The highest BCUT2D eigenvalue weighted by atomic mass is 16.2. The van der Waals surface area contributed by atoms with E-state index in [1.165, 1.54) is 38.5 Å². The average Bonchev–Trinajstić information content (AvgIpc) is 2.52. The molecule has 0 aliphatic carbocycles. The Bertz CT molecular complexity index is 268. The second-order valence-corrected chi connectivity index (χ2v) is 5.79. The molecule has 0 aliphatic heterocycles. The number of aliphatic hydroxyl groups is 1. The maximum atomic E-state index is 11.5. The Hall–Kier alpha value is -0.870. The van der Waals surface area contributed by atoms with Gasteiger partial charge >= 0.3 is 0 Å². The lowest BCUT2D eigenvalue weighted by Gasteiger charge is -2.06. The third kappa shape index (κ3) is 17.2. The van der Waals surface area contributed by atoms with Crippen LogP contribution >= 0.6 is 0 Å². The van der Waals surface area contributed by atoms with Crippen molar-refractivity contribution < 1.29 is 9.90 Å². The third-order valence-electron chi connectivity index (χ3n) is 3.62. The van der Waals surface area contributed by atoms with Gasteiger partial charge in [0.15, 0.2) is 0 Å². The monoisotopic (exact) mass is 312 g/mol. The summed E-state index contributed by atoms with van der Waals surface area (Å²) in [6.45, 7) is 4.02. The van der Waals surface area contributed by atoms with Crippen molar-refractivity contribution in [2.24, 2.45) is 0 Å². The molecule has 22 heavy (non-hydrogen) atoms. The fourth-order valence-electron chi connectivity index (χ4n) is 2.20. The van der Waals surface area contributed by atoms with Crippen molar-refractivity contribution in [3.63, 3.8) is 0 Å². The molecule has 4 heteroatoms. The van der Waals surface area contributed by atoms with Crippen LogP contribution in [0.25, 0.3) is 0 Å². The first-order chi connectivity index (χ1) is 10.8. The van der Waals surface area contributed by atoms with Crippen LogP contribution in [0.2, 0.25) is 0 Å². The summed E-state index contributed by atoms with van der Waals surface area (Å²) in [6, 6.07) is 0. The summed E-state index contributed by atoms with van der Waals surface area (Å²) >= 11 is 0. The largest absolute Gasteiger partial charge is 0.396 e. The van der Waals surface area contributed by atoms with E-state index in [4.69, 9.17) is 5.11 Å². The van der Waals surface area contributed by atoms with Gasteiger partial charge in [-0.05, 0) is 25.8 Å². The molecule has 0 aromatic rings. The second-order valence-electron chi connectivity index (χ2n) is 5.79. The molecule has 0 spiro atoms. The Balaban J connectivity index is 3.18. The van der Waals surface area contributed by atoms with Gasteiger partial charge < -0.3 is 10.4 Å². The lowest BCUT2D eigenvalue weighted by atomic mass is 10.1. The van der Waals surface area contributed by atoms with Gasteiger partial charge in [-0.1, -0.05) is 64.0 Å². The van der Waals surface area contributed by atoms with Crippen LogP contribution in [0.1, 0.15) is 77.6 Å². The van der Waals surface area contributed by atoms with Crippen LogP contribution in [0.4, 0.5) is 0 Å². The SMILES string of the molecule is CCCC/C=C/CC(=O)NCNCCCCCCCCCO. The van der Waals surface area contributed by atoms with Crippen LogP contribution in [0.15, 0.2) is 12.2 Å². The number of hydrogen-bond acceptors (Lipinski definition) is 3. The number of amides is 1. The van der Waals surface area contributed by atoms with Gasteiger partial charge in [0, 0.05) is 13.0 Å². The standard InChI is InChI=1S/C18H36N2O2/c1-2-3-4-8-11-14-18(22)20-17-19-15-12-9-6-5-7-10-13-16-21/h8,11,19,21H,2-7,9-10,12-17H2,1H3,(H,20,22)/b11-8+. The quantitative estimate of drug-likeness (QED) is 0.232. The fraction of sp³-hybridized carbons (Fsp3) is 0.833. The lowest BCUT2D eigenvalue weighted by molar-refractivity contribution is -0.120. The van der Waals surface area contributed by atoms with Gasteiger partial charge in [-0.3, -0.25) is 10.1 Å². The van der Waals surface area contributed by atoms with Crippen molar-refractivity contribution in [1.29, 1.82) is 0 Å². The van der Waals surface area contributed by atoms with Crippen molar-refractivity contribution in [2.45, 2.75) is 77.6 Å². The predicted octanol–water partition coefficient (Wildman–Crippen LogP) is 3.51. The molecule has 130 valence electrons. The molecule has 0 aliphatic rings. The number of carbonyl (C=O) groups excluding carboxylic acids is 1. The van der Waals surface area contributed by atoms with E-state index >= 15 is 0 Å². The molecule has 0 fully saturated rings. The molecule has 0 aromatic heterocycles. The first-order valence-electron chi connectivity index (χ1n) is 9.04. The first kappa shape index (κ1) is 21.1. The van der Waals surface area contributed by atoms with Crippen molar-refractivity contribution >= 4 is 5.91 Å². The van der Waals surface area contributed by atoms with Crippen LogP contribution in [0.5, 0.6) is 0 Å². The van der Waals surface area contributed by atoms with E-state index in [9.17, 15) is 4.79 Å². The summed E-state index contributed by atoms with van der Waals surface area (Å²) in [7, 11) is 0. The van der Waals surface area contributed by atoms with Crippen molar-refractivity contribution in [1.82, 2.24) is 10.6 Å². The van der Waals surface area contributed by atoms with E-state index in [1.807, 2.05) is 6.08 Å². The van der Waals surface area contributed by atoms with E-state index in [1.54, 1.807) is 0 Å². The highest BCUT2D eigenvalue weighted by molar-refractivity contribution is 5.77. The first-order valence-corrected chi connectivity index (χ1v) is 9.04. The Labute approximate surface area is 136 Å². The van der Waals surface area contributed by atoms with Gasteiger partial charge in [-0.25, -0.2) is 0 Å². The van der Waals surface area contributed by atoms with E-state index < -0.39 is 0 Å². The van der Waals surface area contributed by atoms with Crippen LogP contribution in [-0.2, 0) is 4.79 Å². The van der Waals surface area contributed by atoms with Gasteiger partial charge in [0.1, 0.15) is 0 Å². The zero-order chi connectivity index (χ0) is 16.3. The van der Waals surface area contributed by atoms with Crippen LogP contribution < -0.4 is 10.6 Å². The maximum Gasteiger partial charge on any atom is 0.224 e. The molecule has 0 rings (SSSR count). The van der Waals surface area contributed by atoms with Crippen molar-refractivity contribution in [2.75, 3.05) is 19.8 Å². The Morgan fingerprint density at radius 1 is 0.955 bits per heavy atom. The molecule has 0 saturated heterocycles. The second kappa shape index (κ2) is 18.2. The summed E-state index contributed by atoms with van der Waals surface area (Å²) in [5, 5.41) is 14.8. The zero-order valence-corrected chi connectivity index (χ0v) is 14.4. The van der Waals surface area contributed by atoms with Crippen LogP contribution in [0, 0.1) is 0 Å². The fourth-order valence-corrected chi connectivity index (χ4v) is 2.20. The summed E-state index contributed by atoms with van der Waals surface area (Å²) in [4.78, 5) is 11.5. The molecule has 0 atom stereocenters. The maximum absolute atomic E-state index is 11.5. The highest BCUT2D eigenvalue weighted by Crippen LogP contribution is 2.06. The number of aliphatic hydroxyl groups excluding tert-OH is 1. The van der Waals surface area contributed by atoms with Gasteiger partial charge in [0.2, 0.25) is 5.91 Å². The molecule has 0 radical (unpaired) electrons. The smallest absolute Gasteiger partial charge is 0.224 e. The average molecular weight is 312 g/mol. The summed E-state index contributed by atoms with van der Waals surface area (Å²) in [6.07, 6.45) is 16.2. The number of rotatable bonds is 16. The van der Waals surface area contributed by atoms with E-state index in [-0.39, 0.29) is 5.91 Å². The van der Waals surface area contributed by atoms with Crippen molar-refractivity contribution in [3.8, 4) is 0 Å². The number of unbranched alkanes of at least 4 members (excludes halogenated alkanes) is 8. The number of allylic oxidation sites excluding steroid dienone is 1. The van der Waals surface area contributed by atoms with Crippen LogP contribution in [-0.4, -0.2) is 30.8 Å². The van der Waals surface area contributed by atoms with Gasteiger partial charge in [-0.2, -0.15) is 0 Å². The zero-order valence-electron chi connectivity index (χ0n) is 14.4. The number of nitrogens with one attached hydrogen (secondary N) is 2. The summed E-state index contributed by atoms with van der Waals surface area (Å²) < 4.78 is 0. The predicted molar refractivity (Wildman–Crippen MR) is 93.7 cm³/mol. The molecule has 4 nitrogen and oxygen atoms in total. The lowest BCUT2D eigenvalue weighted by Crippen LogP contribution is -2.33. The molecule has 1 amide bonds. The van der Waals surface area contributed by atoms with Gasteiger partial charge in [-0.15, -0.1) is 0 Å². The minimum atomic E-state index is 0.0872. The summed E-state index contributed by atoms with van der Waals surface area (Å²) in [5.74, 6) is 0.0872. The van der Waals surface area contributed by atoms with E-state index in [2.05, 4.69) is 23.6 Å². The molecule has 0 aromatic carbocycles. The summed E-state index contributed by atoms with van der Waals surface area (Å²) in [5.41, 5.74) is 0. The van der Waals surface area contributed by atoms with Crippen molar-refractivity contribution in [3.05, 3.63) is 12.2 Å². The molecular formula is C18H36N2O2. The van der Waals surface area contributed by atoms with E-state index in [0.29, 0.717) is 19.7 Å². The molecule has 0 bridgehead atoms. The minimum absolute atomic E-state index is 0.0872. The molecule has 0 heterocycles. The Morgan fingerprint density at radius 3 is 2.32 bits per heavy atom. The van der Waals surface area contributed by atoms with E-state index in [0.717, 1.165) is 32.2 Å². The Kier molecular flexibility index (Phi) is 17.5. The molecular weight excluding hydrogens is 276 g/mol. The van der Waals surface area contributed by atoms with Crippen LogP contribution in [0.3, 0.4) is 0 Å². The number of carbonyl (C=O) groups is 1. The molecule has 0 unspecified atom stereocenters. The van der Waals surface area contributed by atoms with Gasteiger partial charge in [0.05, 0.1) is 6.67 Å². The molecule has 0 saturated carbocycles. The highest BCUT2D eigenvalue weighted by Gasteiger charge is 1.96.